The van der Waals surface area contributed by atoms with Gasteiger partial charge < -0.3 is 14.9 Å². The quantitative estimate of drug-likeness (QED) is 0.794. The van der Waals surface area contributed by atoms with Crippen molar-refractivity contribution < 1.29 is 4.74 Å². The van der Waals surface area contributed by atoms with Crippen LogP contribution in [0.15, 0.2) is 24.5 Å². The van der Waals surface area contributed by atoms with Gasteiger partial charge in [-0.3, -0.25) is 0 Å². The Labute approximate surface area is 92.7 Å². The number of fused-ring (bicyclic) bond motifs is 1. The lowest BCUT2D eigenvalue weighted by Gasteiger charge is -2.05. The van der Waals surface area contributed by atoms with Gasteiger partial charge in [0, 0.05) is 12.4 Å². The van der Waals surface area contributed by atoms with Crippen LogP contribution in [-0.4, -0.2) is 21.0 Å². The van der Waals surface area contributed by atoms with Gasteiger partial charge in [0.15, 0.2) is 11.4 Å². The summed E-state index contributed by atoms with van der Waals surface area (Å²) in [5.74, 6) is 0.693. The first-order chi connectivity index (χ1) is 7.16. The van der Waals surface area contributed by atoms with Gasteiger partial charge in [0.25, 0.3) is 0 Å². The highest BCUT2D eigenvalue weighted by atomic mass is 32.1. The van der Waals surface area contributed by atoms with Crippen LogP contribution in [0.1, 0.15) is 5.69 Å². The van der Waals surface area contributed by atoms with E-state index >= 15 is 0 Å². The van der Waals surface area contributed by atoms with Crippen LogP contribution < -0.4 is 10.5 Å². The minimum atomic E-state index is 0.237. The molecule has 2 aromatic rings. The van der Waals surface area contributed by atoms with Crippen molar-refractivity contribution in [1.29, 1.82) is 0 Å². The zero-order valence-corrected chi connectivity index (χ0v) is 9.12. The summed E-state index contributed by atoms with van der Waals surface area (Å²) < 4.78 is 7.35. The number of imidazole rings is 1. The van der Waals surface area contributed by atoms with Crippen LogP contribution in [-0.2, 0) is 0 Å². The van der Waals surface area contributed by atoms with Crippen molar-refractivity contribution in [2.24, 2.45) is 5.73 Å². The van der Waals surface area contributed by atoms with E-state index < -0.39 is 0 Å². The number of thiocarbonyl (C=S) groups is 1. The molecule has 0 unspecified atom stereocenters. The fourth-order valence-electron chi connectivity index (χ4n) is 1.37. The van der Waals surface area contributed by atoms with E-state index in [1.165, 1.54) is 0 Å². The van der Waals surface area contributed by atoms with Gasteiger partial charge >= 0.3 is 0 Å². The first-order valence-corrected chi connectivity index (χ1v) is 4.93. The number of aromatic nitrogens is 2. The Morgan fingerprint density at radius 1 is 1.67 bits per heavy atom. The molecule has 78 valence electrons. The number of pyridine rings is 1. The molecule has 15 heavy (non-hydrogen) atoms. The number of nitrogens with zero attached hydrogens (tertiary/aromatic N) is 2. The minimum absolute atomic E-state index is 0.237. The lowest BCUT2D eigenvalue weighted by Crippen LogP contribution is -2.18. The van der Waals surface area contributed by atoms with Gasteiger partial charge in [-0.2, -0.15) is 0 Å². The zero-order valence-electron chi connectivity index (χ0n) is 8.30. The average molecular weight is 221 g/mol. The highest BCUT2D eigenvalue weighted by molar-refractivity contribution is 7.80. The largest absolute Gasteiger partial charge is 0.483 e. The van der Waals surface area contributed by atoms with E-state index in [0.717, 1.165) is 11.3 Å². The molecule has 0 aromatic carbocycles. The summed E-state index contributed by atoms with van der Waals surface area (Å²) in [6, 6.07) is 3.74. The fourth-order valence-corrected chi connectivity index (χ4v) is 1.43. The Morgan fingerprint density at radius 3 is 3.20 bits per heavy atom. The van der Waals surface area contributed by atoms with E-state index in [0.29, 0.717) is 10.7 Å². The molecule has 0 saturated heterocycles. The molecule has 0 atom stereocenters. The number of ether oxygens (including phenoxy) is 1. The molecule has 0 aliphatic heterocycles. The molecule has 2 heterocycles. The normalized spacial score (nSPS) is 10.5. The molecule has 0 radical (unpaired) electrons. The molecule has 0 bridgehead atoms. The summed E-state index contributed by atoms with van der Waals surface area (Å²) in [4.78, 5) is 4.68. The molecular formula is C10H11N3OS. The maximum Gasteiger partial charge on any atom is 0.179 e. The molecule has 0 saturated carbocycles. The Hall–Kier alpha value is -1.62. The van der Waals surface area contributed by atoms with Crippen LogP contribution in [0, 0.1) is 6.92 Å². The van der Waals surface area contributed by atoms with Crippen molar-refractivity contribution in [3.63, 3.8) is 0 Å². The highest BCUT2D eigenvalue weighted by Crippen LogP contribution is 2.18. The summed E-state index contributed by atoms with van der Waals surface area (Å²) >= 11 is 4.75. The van der Waals surface area contributed by atoms with E-state index in [9.17, 15) is 0 Å². The molecule has 0 aliphatic rings. The van der Waals surface area contributed by atoms with Gasteiger partial charge in [0.2, 0.25) is 0 Å². The van der Waals surface area contributed by atoms with E-state index in [-0.39, 0.29) is 6.61 Å². The zero-order chi connectivity index (χ0) is 10.8. The first kappa shape index (κ1) is 9.92. The third-order valence-corrected chi connectivity index (χ3v) is 2.06. The number of rotatable bonds is 3. The Bertz CT molecular complexity index is 506. The van der Waals surface area contributed by atoms with E-state index in [2.05, 4.69) is 4.98 Å². The van der Waals surface area contributed by atoms with Gasteiger partial charge in [-0.15, -0.1) is 0 Å². The molecule has 0 amide bonds. The lowest BCUT2D eigenvalue weighted by molar-refractivity contribution is 0.379. The van der Waals surface area contributed by atoms with Crippen molar-refractivity contribution in [3.8, 4) is 5.75 Å². The van der Waals surface area contributed by atoms with Gasteiger partial charge in [0.1, 0.15) is 11.6 Å². The van der Waals surface area contributed by atoms with Crippen molar-refractivity contribution in [2.75, 3.05) is 6.61 Å². The Kier molecular flexibility index (Phi) is 2.55. The van der Waals surface area contributed by atoms with E-state index in [1.54, 1.807) is 0 Å². The van der Waals surface area contributed by atoms with E-state index in [4.69, 9.17) is 22.7 Å². The monoisotopic (exact) mass is 221 g/mol. The van der Waals surface area contributed by atoms with Gasteiger partial charge in [-0.25, -0.2) is 4.98 Å². The molecule has 2 N–H and O–H groups in total. The van der Waals surface area contributed by atoms with Crippen LogP contribution in [0.3, 0.4) is 0 Å². The predicted octanol–water partition coefficient (Wildman–Crippen LogP) is 1.31. The summed E-state index contributed by atoms with van der Waals surface area (Å²) in [7, 11) is 0. The molecule has 2 aromatic heterocycles. The van der Waals surface area contributed by atoms with Gasteiger partial charge in [-0.05, 0) is 19.1 Å². The summed E-state index contributed by atoms with van der Waals surface area (Å²) in [5.41, 5.74) is 7.10. The van der Waals surface area contributed by atoms with Gasteiger partial charge in [0.05, 0.1) is 5.69 Å². The molecular weight excluding hydrogens is 210 g/mol. The fraction of sp³-hybridized carbons (Fsp3) is 0.200. The number of hydrogen-bond donors (Lipinski definition) is 1. The summed E-state index contributed by atoms with van der Waals surface area (Å²) in [6.07, 6.45) is 3.85. The van der Waals surface area contributed by atoms with Crippen LogP contribution in [0.2, 0.25) is 0 Å². The maximum absolute atomic E-state index is 5.44. The van der Waals surface area contributed by atoms with Crippen LogP contribution >= 0.6 is 12.2 Å². The topological polar surface area (TPSA) is 52.5 Å². The number of nitrogens with two attached hydrogens (primary N) is 1. The summed E-state index contributed by atoms with van der Waals surface area (Å²) in [5, 5.41) is 0. The van der Waals surface area contributed by atoms with Crippen molar-refractivity contribution >= 4 is 22.9 Å². The van der Waals surface area contributed by atoms with Crippen molar-refractivity contribution in [3.05, 3.63) is 30.2 Å². The SMILES string of the molecule is Cc1cn2cccc(OCC(N)=S)c2n1. The van der Waals surface area contributed by atoms with Crippen molar-refractivity contribution in [1.82, 2.24) is 9.38 Å². The molecule has 0 aliphatic carbocycles. The lowest BCUT2D eigenvalue weighted by atomic mass is 10.4. The first-order valence-electron chi connectivity index (χ1n) is 4.52. The van der Waals surface area contributed by atoms with E-state index in [1.807, 2.05) is 35.9 Å². The number of hydrogen-bond acceptors (Lipinski definition) is 3. The van der Waals surface area contributed by atoms with Gasteiger partial charge in [-0.1, -0.05) is 12.2 Å². The second kappa shape index (κ2) is 3.86. The van der Waals surface area contributed by atoms with Crippen LogP contribution in [0.25, 0.3) is 5.65 Å². The van der Waals surface area contributed by atoms with Crippen LogP contribution in [0.4, 0.5) is 0 Å². The standard InChI is InChI=1S/C10H11N3OS/c1-7-5-13-4-2-3-8(10(13)12-7)14-6-9(11)15/h2-5H,6H2,1H3,(H2,11,15). The predicted molar refractivity (Wildman–Crippen MR) is 62.2 cm³/mol. The smallest absolute Gasteiger partial charge is 0.179 e. The molecule has 4 nitrogen and oxygen atoms in total. The minimum Gasteiger partial charge on any atom is -0.483 e. The molecule has 0 spiro atoms. The molecule has 0 fully saturated rings. The third kappa shape index (κ3) is 2.07. The average Bonchev–Trinajstić information content (AvgIpc) is 2.55. The maximum atomic E-state index is 5.44. The third-order valence-electron chi connectivity index (χ3n) is 1.94. The number of aryl methyl sites for hydroxylation is 1. The highest BCUT2D eigenvalue weighted by Gasteiger charge is 2.04. The Balaban J connectivity index is 2.37. The van der Waals surface area contributed by atoms with Crippen molar-refractivity contribution in [2.45, 2.75) is 6.92 Å². The summed E-state index contributed by atoms with van der Waals surface area (Å²) in [6.45, 7) is 2.17. The second-order valence-electron chi connectivity index (χ2n) is 3.24. The second-order valence-corrected chi connectivity index (χ2v) is 3.76. The molecule has 5 heteroatoms. The van der Waals surface area contributed by atoms with Crippen LogP contribution in [0.5, 0.6) is 5.75 Å². The Morgan fingerprint density at radius 2 is 2.47 bits per heavy atom. The molecule has 2 rings (SSSR count).